The van der Waals surface area contributed by atoms with Gasteiger partial charge in [0.2, 0.25) is 17.6 Å². The van der Waals surface area contributed by atoms with Crippen molar-refractivity contribution in [2.75, 3.05) is 13.1 Å². The maximum absolute atomic E-state index is 6.19. The molecule has 146 valence electrons. The van der Waals surface area contributed by atoms with E-state index in [-0.39, 0.29) is 6.10 Å². The molecule has 1 saturated carbocycles. The first-order valence-corrected chi connectivity index (χ1v) is 10.3. The average Bonchev–Trinajstić information content (AvgIpc) is 3.10. The number of hydrogen-bond donors (Lipinski definition) is 0. The number of pyridine rings is 1. The molecule has 27 heavy (non-hydrogen) atoms. The van der Waals surface area contributed by atoms with E-state index >= 15 is 0 Å². The lowest BCUT2D eigenvalue weighted by Gasteiger charge is -2.33. The van der Waals surface area contributed by atoms with E-state index < -0.39 is 0 Å². The van der Waals surface area contributed by atoms with Crippen molar-refractivity contribution in [2.24, 2.45) is 11.8 Å². The lowest BCUT2D eigenvalue weighted by Crippen LogP contribution is -2.38. The van der Waals surface area contributed by atoms with Crippen LogP contribution in [0.15, 0.2) is 22.9 Å². The molecular weight excluding hydrogens is 340 g/mol. The number of likely N-dealkylation sites (tertiary alicyclic amines) is 1. The second-order valence-corrected chi connectivity index (χ2v) is 8.39. The summed E-state index contributed by atoms with van der Waals surface area (Å²) in [5.74, 6) is 3.28. The Morgan fingerprint density at radius 2 is 1.93 bits per heavy atom. The summed E-state index contributed by atoms with van der Waals surface area (Å²) in [6.45, 7) is 7.51. The van der Waals surface area contributed by atoms with Crippen molar-refractivity contribution in [1.82, 2.24) is 20.0 Å². The summed E-state index contributed by atoms with van der Waals surface area (Å²) < 4.78 is 11.7. The predicted octanol–water partition coefficient (Wildman–Crippen LogP) is 4.32. The van der Waals surface area contributed by atoms with Crippen LogP contribution in [-0.2, 0) is 6.54 Å². The molecule has 6 nitrogen and oxygen atoms in total. The van der Waals surface area contributed by atoms with Gasteiger partial charge >= 0.3 is 0 Å². The molecule has 3 heterocycles. The van der Waals surface area contributed by atoms with Gasteiger partial charge in [-0.1, -0.05) is 25.4 Å². The monoisotopic (exact) mass is 370 g/mol. The zero-order chi connectivity index (χ0) is 18.6. The Hall–Kier alpha value is -1.95. The molecule has 2 unspecified atom stereocenters. The van der Waals surface area contributed by atoms with Gasteiger partial charge in [0, 0.05) is 19.3 Å². The topological polar surface area (TPSA) is 64.3 Å². The summed E-state index contributed by atoms with van der Waals surface area (Å²) in [4.78, 5) is 11.5. The van der Waals surface area contributed by atoms with E-state index in [0.29, 0.717) is 36.0 Å². The number of hydrogen-bond acceptors (Lipinski definition) is 6. The third kappa shape index (κ3) is 4.67. The highest BCUT2D eigenvalue weighted by atomic mass is 16.5. The Labute approximate surface area is 161 Å². The van der Waals surface area contributed by atoms with Gasteiger partial charge in [0.25, 0.3) is 0 Å². The summed E-state index contributed by atoms with van der Waals surface area (Å²) in [5, 5.41) is 4.21. The number of rotatable bonds is 5. The molecule has 0 aromatic carbocycles. The van der Waals surface area contributed by atoms with Gasteiger partial charge in [0.1, 0.15) is 6.10 Å². The van der Waals surface area contributed by atoms with Crippen LogP contribution >= 0.6 is 0 Å². The molecule has 0 N–H and O–H groups in total. The Kier molecular flexibility index (Phi) is 5.72. The van der Waals surface area contributed by atoms with Gasteiger partial charge in [-0.3, -0.25) is 4.90 Å². The van der Waals surface area contributed by atoms with Crippen LogP contribution in [0.3, 0.4) is 0 Å². The molecule has 0 spiro atoms. The van der Waals surface area contributed by atoms with E-state index in [1.54, 1.807) is 6.20 Å². The third-order valence-electron chi connectivity index (χ3n) is 5.61. The molecule has 1 aliphatic carbocycles. The van der Waals surface area contributed by atoms with Crippen LogP contribution < -0.4 is 4.74 Å². The minimum atomic E-state index is 0.245. The fourth-order valence-corrected chi connectivity index (χ4v) is 4.54. The molecule has 0 bridgehead atoms. The fraction of sp³-hybridized carbons (Fsp3) is 0.667. The number of nitrogens with zero attached hydrogens (tertiary/aromatic N) is 4. The minimum Gasteiger partial charge on any atom is -0.474 e. The largest absolute Gasteiger partial charge is 0.474 e. The highest BCUT2D eigenvalue weighted by molar-refractivity contribution is 5.60. The van der Waals surface area contributed by atoms with Crippen LogP contribution in [0.1, 0.15) is 58.3 Å². The SMILES string of the molecule is CC1CC(C)CN(Cc2nc(-c3cccnc3OC3CCCCC3)no2)C1. The van der Waals surface area contributed by atoms with Gasteiger partial charge < -0.3 is 9.26 Å². The summed E-state index contributed by atoms with van der Waals surface area (Å²) in [5.41, 5.74) is 0.818. The normalized spacial score (nSPS) is 24.8. The van der Waals surface area contributed by atoms with Crippen molar-refractivity contribution in [1.29, 1.82) is 0 Å². The molecule has 2 aromatic rings. The second kappa shape index (κ2) is 8.38. The Morgan fingerprint density at radius 3 is 2.70 bits per heavy atom. The predicted molar refractivity (Wildman–Crippen MR) is 103 cm³/mol. The van der Waals surface area contributed by atoms with E-state index in [9.17, 15) is 0 Å². The smallest absolute Gasteiger partial charge is 0.241 e. The Balaban J connectivity index is 1.46. The number of piperidine rings is 1. The van der Waals surface area contributed by atoms with E-state index in [4.69, 9.17) is 9.26 Å². The molecule has 2 fully saturated rings. The van der Waals surface area contributed by atoms with Gasteiger partial charge in [-0.25, -0.2) is 4.98 Å². The van der Waals surface area contributed by atoms with E-state index in [0.717, 1.165) is 31.5 Å². The van der Waals surface area contributed by atoms with Crippen molar-refractivity contribution in [3.63, 3.8) is 0 Å². The zero-order valence-electron chi connectivity index (χ0n) is 16.4. The number of aromatic nitrogens is 3. The number of ether oxygens (including phenoxy) is 1. The van der Waals surface area contributed by atoms with Crippen molar-refractivity contribution in [2.45, 2.75) is 65.0 Å². The molecule has 0 radical (unpaired) electrons. The zero-order valence-corrected chi connectivity index (χ0v) is 16.4. The van der Waals surface area contributed by atoms with Gasteiger partial charge in [0.05, 0.1) is 12.1 Å². The van der Waals surface area contributed by atoms with Gasteiger partial charge in [0.15, 0.2) is 0 Å². The van der Waals surface area contributed by atoms with Crippen LogP contribution in [0.4, 0.5) is 0 Å². The molecule has 2 aliphatic rings. The third-order valence-corrected chi connectivity index (χ3v) is 5.61. The highest BCUT2D eigenvalue weighted by Crippen LogP contribution is 2.30. The van der Waals surface area contributed by atoms with Crippen molar-refractivity contribution >= 4 is 0 Å². The lowest BCUT2D eigenvalue weighted by atomic mass is 9.92. The quantitative estimate of drug-likeness (QED) is 0.781. The van der Waals surface area contributed by atoms with Crippen molar-refractivity contribution in [3.05, 3.63) is 24.2 Å². The first kappa shape index (κ1) is 18.4. The van der Waals surface area contributed by atoms with E-state index in [2.05, 4.69) is 33.9 Å². The van der Waals surface area contributed by atoms with Crippen LogP contribution in [0, 0.1) is 11.8 Å². The van der Waals surface area contributed by atoms with Crippen LogP contribution in [0.25, 0.3) is 11.4 Å². The molecular formula is C21H30N4O2. The molecule has 0 amide bonds. The fourth-order valence-electron chi connectivity index (χ4n) is 4.54. The van der Waals surface area contributed by atoms with Gasteiger partial charge in [-0.05, 0) is 56.1 Å². The molecule has 2 aromatic heterocycles. The first-order chi connectivity index (χ1) is 13.2. The van der Waals surface area contributed by atoms with Gasteiger partial charge in [-0.2, -0.15) is 4.98 Å². The molecule has 6 heteroatoms. The second-order valence-electron chi connectivity index (χ2n) is 8.39. The minimum absolute atomic E-state index is 0.245. The average molecular weight is 370 g/mol. The Morgan fingerprint density at radius 1 is 1.15 bits per heavy atom. The summed E-state index contributed by atoms with van der Waals surface area (Å²) in [6, 6.07) is 3.86. The highest BCUT2D eigenvalue weighted by Gasteiger charge is 2.24. The standard InChI is InChI=1S/C21H30N4O2/c1-15-11-16(2)13-25(12-15)14-19-23-20(24-27-19)18-9-6-10-22-21(18)26-17-7-4-3-5-8-17/h6,9-10,15-17H,3-5,7-8,11-14H2,1-2H3. The van der Waals surface area contributed by atoms with E-state index in [1.807, 2.05) is 12.1 Å². The summed E-state index contributed by atoms with van der Waals surface area (Å²) >= 11 is 0. The Bertz CT molecular complexity index is 731. The van der Waals surface area contributed by atoms with Crippen LogP contribution in [0.5, 0.6) is 5.88 Å². The lowest BCUT2D eigenvalue weighted by molar-refractivity contribution is 0.121. The van der Waals surface area contributed by atoms with Gasteiger partial charge in [-0.15, -0.1) is 0 Å². The maximum atomic E-state index is 6.19. The molecule has 2 atom stereocenters. The van der Waals surface area contributed by atoms with Crippen molar-refractivity contribution in [3.8, 4) is 17.3 Å². The van der Waals surface area contributed by atoms with Crippen LogP contribution in [0.2, 0.25) is 0 Å². The first-order valence-electron chi connectivity index (χ1n) is 10.3. The summed E-state index contributed by atoms with van der Waals surface area (Å²) in [7, 11) is 0. The van der Waals surface area contributed by atoms with Crippen molar-refractivity contribution < 1.29 is 9.26 Å². The maximum Gasteiger partial charge on any atom is 0.241 e. The molecule has 1 aliphatic heterocycles. The molecule has 4 rings (SSSR count). The van der Waals surface area contributed by atoms with E-state index in [1.165, 1.54) is 25.7 Å². The molecule has 1 saturated heterocycles. The van der Waals surface area contributed by atoms with Crippen LogP contribution in [-0.4, -0.2) is 39.2 Å². The summed E-state index contributed by atoms with van der Waals surface area (Å²) in [6.07, 6.45) is 9.25.